The van der Waals surface area contributed by atoms with Gasteiger partial charge in [0, 0.05) is 30.5 Å². The zero-order valence-corrected chi connectivity index (χ0v) is 14.0. The number of hydrogen-bond acceptors (Lipinski definition) is 4. The number of carboxylic acids is 1. The third-order valence-corrected chi connectivity index (χ3v) is 4.36. The van der Waals surface area contributed by atoms with Crippen molar-refractivity contribution in [2.75, 3.05) is 5.75 Å². The van der Waals surface area contributed by atoms with Crippen molar-refractivity contribution in [3.05, 3.63) is 66.0 Å². The largest absolute Gasteiger partial charge is 0.480 e. The molecule has 0 radical (unpaired) electrons. The van der Waals surface area contributed by atoms with Crippen molar-refractivity contribution >= 4 is 23.6 Å². The molecule has 2 rings (SSSR count). The van der Waals surface area contributed by atoms with Crippen molar-refractivity contribution in [3.63, 3.8) is 0 Å². The van der Waals surface area contributed by atoms with Gasteiger partial charge < -0.3 is 10.4 Å². The number of amides is 1. The summed E-state index contributed by atoms with van der Waals surface area (Å²) in [4.78, 5) is 27.5. The van der Waals surface area contributed by atoms with Crippen molar-refractivity contribution in [1.82, 2.24) is 10.3 Å². The number of rotatable bonds is 9. The van der Waals surface area contributed by atoms with Gasteiger partial charge in [-0.2, -0.15) is 11.8 Å². The number of thioether (sulfide) groups is 1. The smallest absolute Gasteiger partial charge is 0.326 e. The molecule has 0 fully saturated rings. The Labute approximate surface area is 145 Å². The molecule has 0 bridgehead atoms. The molecule has 0 aliphatic carbocycles. The Morgan fingerprint density at radius 1 is 1.12 bits per heavy atom. The number of aromatic nitrogens is 1. The van der Waals surface area contributed by atoms with Crippen LogP contribution in [0.4, 0.5) is 0 Å². The Kier molecular flexibility index (Phi) is 7.29. The van der Waals surface area contributed by atoms with Gasteiger partial charge >= 0.3 is 5.97 Å². The van der Waals surface area contributed by atoms with E-state index in [4.69, 9.17) is 0 Å². The SMILES string of the molecule is O=C(CCSCc1ccccn1)N[C@@H](Cc1ccccc1)C(=O)O. The van der Waals surface area contributed by atoms with Crippen LogP contribution in [0.25, 0.3) is 0 Å². The van der Waals surface area contributed by atoms with Gasteiger partial charge in [-0.25, -0.2) is 4.79 Å². The maximum absolute atomic E-state index is 12.0. The van der Waals surface area contributed by atoms with Crippen LogP contribution >= 0.6 is 11.8 Å². The van der Waals surface area contributed by atoms with Gasteiger partial charge in [0.2, 0.25) is 5.91 Å². The van der Waals surface area contributed by atoms with Crippen molar-refractivity contribution in [2.45, 2.75) is 24.6 Å². The summed E-state index contributed by atoms with van der Waals surface area (Å²) in [5.74, 6) is 0.0980. The Morgan fingerprint density at radius 3 is 2.54 bits per heavy atom. The number of hydrogen-bond donors (Lipinski definition) is 2. The molecule has 2 aromatic rings. The van der Waals surface area contributed by atoms with E-state index >= 15 is 0 Å². The average molecular weight is 344 g/mol. The standard InChI is InChI=1S/C18H20N2O3S/c21-17(9-11-24-13-15-8-4-5-10-19-15)20-16(18(22)23)12-14-6-2-1-3-7-14/h1-8,10,16H,9,11-13H2,(H,20,21)(H,22,23)/t16-/m0/s1. The molecule has 1 atom stereocenters. The number of pyridine rings is 1. The second-order valence-corrected chi connectivity index (χ2v) is 6.38. The molecule has 5 nitrogen and oxygen atoms in total. The van der Waals surface area contributed by atoms with Crippen molar-refractivity contribution in [1.29, 1.82) is 0 Å². The topological polar surface area (TPSA) is 79.3 Å². The van der Waals surface area contributed by atoms with Crippen LogP contribution in [0, 0.1) is 0 Å². The number of aliphatic carboxylic acids is 1. The fourth-order valence-electron chi connectivity index (χ4n) is 2.14. The van der Waals surface area contributed by atoms with Crippen LogP contribution in [0.5, 0.6) is 0 Å². The van der Waals surface area contributed by atoms with Crippen LogP contribution in [0.15, 0.2) is 54.7 Å². The highest BCUT2D eigenvalue weighted by atomic mass is 32.2. The van der Waals surface area contributed by atoms with Gasteiger partial charge in [0.15, 0.2) is 0 Å². The van der Waals surface area contributed by atoms with Gasteiger partial charge in [0.25, 0.3) is 0 Å². The summed E-state index contributed by atoms with van der Waals surface area (Å²) >= 11 is 1.60. The van der Waals surface area contributed by atoms with Crippen LogP contribution in [-0.4, -0.2) is 33.8 Å². The van der Waals surface area contributed by atoms with Crippen LogP contribution in [0.3, 0.4) is 0 Å². The van der Waals surface area contributed by atoms with Gasteiger partial charge in [0.05, 0.1) is 5.69 Å². The molecule has 1 aromatic carbocycles. The zero-order chi connectivity index (χ0) is 17.2. The fourth-order valence-corrected chi connectivity index (χ4v) is 3.00. The third-order valence-electron chi connectivity index (χ3n) is 3.37. The van der Waals surface area contributed by atoms with Crippen molar-refractivity contribution in [3.8, 4) is 0 Å². The summed E-state index contributed by atoms with van der Waals surface area (Å²) < 4.78 is 0. The van der Waals surface area contributed by atoms with Gasteiger partial charge in [-0.3, -0.25) is 9.78 Å². The summed E-state index contributed by atoms with van der Waals surface area (Å²) in [6, 6.07) is 14.1. The highest BCUT2D eigenvalue weighted by molar-refractivity contribution is 7.98. The summed E-state index contributed by atoms with van der Waals surface area (Å²) in [5, 5.41) is 11.9. The van der Waals surface area contributed by atoms with Gasteiger partial charge in [-0.05, 0) is 17.7 Å². The first-order valence-corrected chi connectivity index (χ1v) is 8.84. The molecule has 6 heteroatoms. The molecule has 24 heavy (non-hydrogen) atoms. The van der Waals surface area contributed by atoms with Crippen molar-refractivity contribution < 1.29 is 14.7 Å². The first-order valence-electron chi connectivity index (χ1n) is 7.69. The van der Waals surface area contributed by atoms with Crippen molar-refractivity contribution in [2.24, 2.45) is 0 Å². The predicted octanol–water partition coefficient (Wildman–Crippen LogP) is 2.52. The number of carbonyl (C=O) groups excluding carboxylic acids is 1. The van der Waals surface area contributed by atoms with Gasteiger partial charge in [0.1, 0.15) is 6.04 Å². The molecule has 0 saturated carbocycles. The van der Waals surface area contributed by atoms with Crippen LogP contribution in [0.2, 0.25) is 0 Å². The average Bonchev–Trinajstić information content (AvgIpc) is 2.60. The molecule has 2 N–H and O–H groups in total. The number of benzene rings is 1. The lowest BCUT2D eigenvalue weighted by molar-refractivity contribution is -0.141. The summed E-state index contributed by atoms with van der Waals surface area (Å²) in [6.07, 6.45) is 2.31. The minimum atomic E-state index is -1.02. The Balaban J connectivity index is 1.73. The minimum absolute atomic E-state index is 0.244. The Hall–Kier alpha value is -2.34. The van der Waals surface area contributed by atoms with E-state index in [0.717, 1.165) is 17.0 Å². The second-order valence-electron chi connectivity index (χ2n) is 5.27. The third kappa shape index (κ3) is 6.42. The molecule has 0 unspecified atom stereocenters. The summed E-state index contributed by atoms with van der Waals surface area (Å²) in [7, 11) is 0. The van der Waals surface area contributed by atoms with Crippen LogP contribution in [0.1, 0.15) is 17.7 Å². The summed E-state index contributed by atoms with van der Waals surface area (Å²) in [5.41, 5.74) is 1.85. The molecular weight excluding hydrogens is 324 g/mol. The highest BCUT2D eigenvalue weighted by Crippen LogP contribution is 2.11. The van der Waals surface area contributed by atoms with E-state index in [2.05, 4.69) is 10.3 Å². The molecule has 126 valence electrons. The molecular formula is C18H20N2O3S. The van der Waals surface area contributed by atoms with E-state index in [1.165, 1.54) is 0 Å². The number of nitrogens with one attached hydrogen (secondary N) is 1. The van der Waals surface area contributed by atoms with Gasteiger partial charge in [-0.1, -0.05) is 36.4 Å². The maximum Gasteiger partial charge on any atom is 0.326 e. The maximum atomic E-state index is 12.0. The lowest BCUT2D eigenvalue weighted by atomic mass is 10.1. The molecule has 0 aliphatic heterocycles. The summed E-state index contributed by atoms with van der Waals surface area (Å²) in [6.45, 7) is 0. The normalized spacial score (nSPS) is 11.7. The Bertz CT molecular complexity index is 650. The first-order chi connectivity index (χ1) is 11.6. The number of nitrogens with zero attached hydrogens (tertiary/aromatic N) is 1. The molecule has 1 heterocycles. The van der Waals surface area contributed by atoms with E-state index in [1.807, 2.05) is 48.5 Å². The number of carbonyl (C=O) groups is 2. The molecule has 0 saturated heterocycles. The fraction of sp³-hybridized carbons (Fsp3) is 0.278. The molecule has 0 aliphatic rings. The molecule has 1 amide bonds. The highest BCUT2D eigenvalue weighted by Gasteiger charge is 2.20. The van der Waals surface area contributed by atoms with Crippen LogP contribution < -0.4 is 5.32 Å². The molecule has 0 spiro atoms. The first kappa shape index (κ1) is 18.0. The lowest BCUT2D eigenvalue weighted by Gasteiger charge is -2.14. The van der Waals surface area contributed by atoms with E-state index in [1.54, 1.807) is 18.0 Å². The number of carboxylic acid groups (broad SMARTS) is 1. The second kappa shape index (κ2) is 9.72. The predicted molar refractivity (Wildman–Crippen MR) is 94.7 cm³/mol. The van der Waals surface area contributed by atoms with Gasteiger partial charge in [-0.15, -0.1) is 0 Å². The quantitative estimate of drug-likeness (QED) is 0.683. The van der Waals surface area contributed by atoms with E-state index < -0.39 is 12.0 Å². The Morgan fingerprint density at radius 2 is 1.88 bits per heavy atom. The monoisotopic (exact) mass is 344 g/mol. The zero-order valence-electron chi connectivity index (χ0n) is 13.2. The minimum Gasteiger partial charge on any atom is -0.480 e. The van der Waals surface area contributed by atoms with E-state index in [0.29, 0.717) is 5.75 Å². The van der Waals surface area contributed by atoms with Crippen LogP contribution in [-0.2, 0) is 21.8 Å². The lowest BCUT2D eigenvalue weighted by Crippen LogP contribution is -2.42. The van der Waals surface area contributed by atoms with E-state index in [9.17, 15) is 14.7 Å². The molecule has 1 aromatic heterocycles. The van der Waals surface area contributed by atoms with E-state index in [-0.39, 0.29) is 18.7 Å².